The third kappa shape index (κ3) is 2.90. The lowest BCUT2D eigenvalue weighted by Crippen LogP contribution is -2.25. The Labute approximate surface area is 128 Å². The molecule has 0 atom stereocenters. The van der Waals surface area contributed by atoms with Gasteiger partial charge in [-0.05, 0) is 18.6 Å². The second-order valence-corrected chi connectivity index (χ2v) is 5.12. The first-order chi connectivity index (χ1) is 10.8. The predicted molar refractivity (Wildman–Crippen MR) is 83.2 cm³/mol. The molecule has 2 N–H and O–H groups in total. The van der Waals surface area contributed by atoms with Crippen molar-refractivity contribution >= 4 is 11.6 Å². The van der Waals surface area contributed by atoms with Gasteiger partial charge in [-0.2, -0.15) is 0 Å². The van der Waals surface area contributed by atoms with Gasteiger partial charge in [-0.1, -0.05) is 13.3 Å². The molecule has 2 aromatic rings. The number of hydrogen-bond donors (Lipinski definition) is 2. The van der Waals surface area contributed by atoms with Gasteiger partial charge < -0.3 is 19.8 Å². The van der Waals surface area contributed by atoms with Gasteiger partial charge in [0.1, 0.15) is 12.9 Å². The first-order valence-electron chi connectivity index (χ1n) is 7.52. The molecule has 1 aliphatic rings. The molecule has 1 aromatic carbocycles. The molecule has 116 valence electrons. The number of hydrogen-bond acceptors (Lipinski definition) is 5. The van der Waals surface area contributed by atoms with Crippen molar-refractivity contribution in [3.8, 4) is 17.2 Å². The summed E-state index contributed by atoms with van der Waals surface area (Å²) in [5.74, 6) is 1.03. The van der Waals surface area contributed by atoms with Crippen LogP contribution in [0.5, 0.6) is 5.75 Å². The van der Waals surface area contributed by atoms with Crippen molar-refractivity contribution in [2.45, 2.75) is 19.8 Å². The molecule has 6 heteroatoms. The van der Waals surface area contributed by atoms with Gasteiger partial charge in [-0.25, -0.2) is 4.98 Å². The third-order valence-electron chi connectivity index (χ3n) is 3.49. The van der Waals surface area contributed by atoms with Crippen LogP contribution >= 0.6 is 0 Å². The molecule has 0 bridgehead atoms. The largest absolute Gasteiger partial charge is 0.489 e. The predicted octanol–water partition coefficient (Wildman–Crippen LogP) is 2.68. The summed E-state index contributed by atoms with van der Waals surface area (Å²) in [6.45, 7) is 4.04. The highest BCUT2D eigenvalue weighted by Crippen LogP contribution is 2.38. The van der Waals surface area contributed by atoms with E-state index in [4.69, 9.17) is 9.15 Å². The Morgan fingerprint density at radius 1 is 1.45 bits per heavy atom. The fourth-order valence-electron chi connectivity index (χ4n) is 2.38. The summed E-state index contributed by atoms with van der Waals surface area (Å²) in [4.78, 5) is 16.5. The molecule has 22 heavy (non-hydrogen) atoms. The van der Waals surface area contributed by atoms with E-state index in [-0.39, 0.29) is 5.91 Å². The molecule has 0 radical (unpaired) electrons. The number of rotatable bonds is 5. The fourth-order valence-corrected chi connectivity index (χ4v) is 2.38. The van der Waals surface area contributed by atoms with Crippen LogP contribution in [0.3, 0.4) is 0 Å². The first kappa shape index (κ1) is 14.4. The normalized spacial score (nSPS) is 13.0. The van der Waals surface area contributed by atoms with Gasteiger partial charge in [0, 0.05) is 18.7 Å². The summed E-state index contributed by atoms with van der Waals surface area (Å²) in [5.41, 5.74) is 2.05. The van der Waals surface area contributed by atoms with Crippen LogP contribution in [0.1, 0.15) is 30.1 Å². The van der Waals surface area contributed by atoms with Crippen LogP contribution in [0, 0.1) is 0 Å². The minimum absolute atomic E-state index is 0.101. The standard InChI is InChI=1S/C16H19N3O3/c1-2-3-4-18-15(20)11-9-12(16-19-6-8-22-16)14-13(10-11)17-5-7-21-14/h6,8-10,17H,2-5,7H2,1H3,(H,18,20). The maximum absolute atomic E-state index is 12.3. The van der Waals surface area contributed by atoms with Crippen molar-refractivity contribution in [3.05, 3.63) is 30.2 Å². The van der Waals surface area contributed by atoms with Gasteiger partial charge in [0.05, 0.1) is 17.4 Å². The van der Waals surface area contributed by atoms with E-state index in [1.54, 1.807) is 12.3 Å². The van der Waals surface area contributed by atoms with Gasteiger partial charge in [0.25, 0.3) is 5.91 Å². The fraction of sp³-hybridized carbons (Fsp3) is 0.375. The van der Waals surface area contributed by atoms with Crippen LogP contribution in [0.4, 0.5) is 5.69 Å². The zero-order valence-corrected chi connectivity index (χ0v) is 12.5. The second kappa shape index (κ2) is 6.51. The minimum atomic E-state index is -0.101. The highest BCUT2D eigenvalue weighted by atomic mass is 16.5. The minimum Gasteiger partial charge on any atom is -0.489 e. The Hall–Kier alpha value is -2.50. The smallest absolute Gasteiger partial charge is 0.251 e. The van der Waals surface area contributed by atoms with E-state index in [0.29, 0.717) is 42.5 Å². The molecule has 0 unspecified atom stereocenters. The van der Waals surface area contributed by atoms with Gasteiger partial charge in [0.15, 0.2) is 5.75 Å². The molecule has 0 fully saturated rings. The molecule has 3 rings (SSSR count). The van der Waals surface area contributed by atoms with Gasteiger partial charge in [-0.3, -0.25) is 4.79 Å². The van der Waals surface area contributed by atoms with Crippen LogP contribution < -0.4 is 15.4 Å². The number of fused-ring (bicyclic) bond motifs is 1. The van der Waals surface area contributed by atoms with E-state index in [9.17, 15) is 4.79 Å². The summed E-state index contributed by atoms with van der Waals surface area (Å²) < 4.78 is 11.1. The van der Waals surface area contributed by atoms with E-state index in [2.05, 4.69) is 22.5 Å². The number of oxazole rings is 1. The molecule has 0 saturated carbocycles. The SMILES string of the molecule is CCCCNC(=O)c1cc2c(c(-c3ncco3)c1)OCCN2. The van der Waals surface area contributed by atoms with Crippen molar-refractivity contribution in [2.24, 2.45) is 0 Å². The lowest BCUT2D eigenvalue weighted by atomic mass is 10.1. The number of aromatic nitrogens is 1. The van der Waals surface area contributed by atoms with Crippen LogP contribution in [0.15, 0.2) is 29.0 Å². The molecule has 0 aliphatic carbocycles. The average Bonchev–Trinajstić information content (AvgIpc) is 3.08. The summed E-state index contributed by atoms with van der Waals surface area (Å²) >= 11 is 0. The Morgan fingerprint density at radius 2 is 2.36 bits per heavy atom. The van der Waals surface area contributed by atoms with E-state index in [1.807, 2.05) is 6.07 Å². The molecule has 2 heterocycles. The first-order valence-corrected chi connectivity index (χ1v) is 7.52. The van der Waals surface area contributed by atoms with Gasteiger partial charge in [0.2, 0.25) is 5.89 Å². The zero-order chi connectivity index (χ0) is 15.4. The molecule has 0 saturated heterocycles. The molecule has 1 amide bonds. The lowest BCUT2D eigenvalue weighted by Gasteiger charge is -2.22. The number of ether oxygens (including phenoxy) is 1. The summed E-state index contributed by atoms with van der Waals surface area (Å²) in [6, 6.07) is 3.57. The van der Waals surface area contributed by atoms with Crippen LogP contribution in [-0.2, 0) is 0 Å². The van der Waals surface area contributed by atoms with Crippen molar-refractivity contribution < 1.29 is 13.9 Å². The lowest BCUT2D eigenvalue weighted by molar-refractivity contribution is 0.0953. The van der Waals surface area contributed by atoms with Crippen LogP contribution in [0.25, 0.3) is 11.5 Å². The number of carbonyl (C=O) groups is 1. The van der Waals surface area contributed by atoms with E-state index in [0.717, 1.165) is 18.5 Å². The van der Waals surface area contributed by atoms with Gasteiger partial charge >= 0.3 is 0 Å². The van der Waals surface area contributed by atoms with E-state index >= 15 is 0 Å². The number of nitrogens with one attached hydrogen (secondary N) is 2. The number of benzene rings is 1. The molecular weight excluding hydrogens is 282 g/mol. The number of amides is 1. The van der Waals surface area contributed by atoms with Gasteiger partial charge in [-0.15, -0.1) is 0 Å². The number of unbranched alkanes of at least 4 members (excludes halogenated alkanes) is 1. The van der Waals surface area contributed by atoms with E-state index in [1.165, 1.54) is 6.26 Å². The molecule has 6 nitrogen and oxygen atoms in total. The Morgan fingerprint density at radius 3 is 3.14 bits per heavy atom. The Bertz CT molecular complexity index is 653. The van der Waals surface area contributed by atoms with Crippen molar-refractivity contribution in [1.29, 1.82) is 0 Å². The molecule has 0 spiro atoms. The Kier molecular flexibility index (Phi) is 4.27. The van der Waals surface area contributed by atoms with Crippen molar-refractivity contribution in [3.63, 3.8) is 0 Å². The van der Waals surface area contributed by atoms with Crippen molar-refractivity contribution in [1.82, 2.24) is 10.3 Å². The highest BCUT2D eigenvalue weighted by molar-refractivity contribution is 5.97. The summed E-state index contributed by atoms with van der Waals surface area (Å²) in [6.07, 6.45) is 5.09. The maximum atomic E-state index is 12.3. The maximum Gasteiger partial charge on any atom is 0.251 e. The van der Waals surface area contributed by atoms with Crippen LogP contribution in [0.2, 0.25) is 0 Å². The zero-order valence-electron chi connectivity index (χ0n) is 12.5. The topological polar surface area (TPSA) is 76.4 Å². The monoisotopic (exact) mass is 301 g/mol. The number of nitrogens with zero attached hydrogens (tertiary/aromatic N) is 1. The van der Waals surface area contributed by atoms with E-state index < -0.39 is 0 Å². The Balaban J connectivity index is 1.95. The summed E-state index contributed by atoms with van der Waals surface area (Å²) in [7, 11) is 0. The number of carbonyl (C=O) groups excluding carboxylic acids is 1. The summed E-state index contributed by atoms with van der Waals surface area (Å²) in [5, 5.41) is 6.17. The molecular formula is C16H19N3O3. The third-order valence-corrected chi connectivity index (χ3v) is 3.49. The second-order valence-electron chi connectivity index (χ2n) is 5.12. The molecule has 1 aliphatic heterocycles. The van der Waals surface area contributed by atoms with Crippen LogP contribution in [-0.4, -0.2) is 30.6 Å². The highest BCUT2D eigenvalue weighted by Gasteiger charge is 2.21. The average molecular weight is 301 g/mol. The number of anilines is 1. The molecule has 1 aromatic heterocycles. The quantitative estimate of drug-likeness (QED) is 0.830. The van der Waals surface area contributed by atoms with Crippen molar-refractivity contribution in [2.75, 3.05) is 25.0 Å².